The maximum Gasteiger partial charge on any atom is 0.242 e. The highest BCUT2D eigenvalue weighted by Crippen LogP contribution is 2.28. The van der Waals surface area contributed by atoms with Crippen LogP contribution in [0.3, 0.4) is 0 Å². The molecule has 210 valence electrons. The maximum atomic E-state index is 14.3. The average molecular weight is 540 g/mol. The summed E-state index contributed by atoms with van der Waals surface area (Å²) in [6.45, 7) is 5.32. The fourth-order valence-electron chi connectivity index (χ4n) is 5.19. The molecule has 3 atom stereocenters. The van der Waals surface area contributed by atoms with Crippen LogP contribution in [0.15, 0.2) is 48.9 Å². The molecule has 0 aliphatic heterocycles. The molecule has 0 spiro atoms. The Kier molecular flexibility index (Phi) is 10.2. The number of benzene rings is 2. The predicted octanol–water partition coefficient (Wildman–Crippen LogP) is 4.51. The smallest absolute Gasteiger partial charge is 0.242 e. The Morgan fingerprint density at radius 3 is 2.79 bits per heavy atom. The second-order valence-corrected chi connectivity index (χ2v) is 10.3. The molecule has 4 N–H and O–H groups in total. The van der Waals surface area contributed by atoms with Gasteiger partial charge in [0.05, 0.1) is 24.5 Å². The quantitative estimate of drug-likeness (QED) is 0.257. The lowest BCUT2D eigenvalue weighted by atomic mass is 9.83. The van der Waals surface area contributed by atoms with E-state index in [1.54, 1.807) is 12.5 Å². The zero-order valence-corrected chi connectivity index (χ0v) is 22.7. The number of rotatable bonds is 13. The molecule has 1 aliphatic carbocycles. The number of nitrogens with zero attached hydrogens (tertiary/aromatic N) is 2. The minimum absolute atomic E-state index is 0.0315. The molecule has 1 aliphatic rings. The second kappa shape index (κ2) is 13.8. The van der Waals surface area contributed by atoms with Crippen LogP contribution in [0.4, 0.5) is 14.6 Å². The van der Waals surface area contributed by atoms with E-state index < -0.39 is 17.7 Å². The molecule has 0 bridgehead atoms. The van der Waals surface area contributed by atoms with Crippen LogP contribution in [0.25, 0.3) is 5.69 Å². The number of aliphatic hydroxyl groups excluding tert-OH is 1. The van der Waals surface area contributed by atoms with Crippen molar-refractivity contribution < 1.29 is 18.7 Å². The molecule has 0 saturated carbocycles. The van der Waals surface area contributed by atoms with Crippen molar-refractivity contribution in [3.05, 3.63) is 77.2 Å². The lowest BCUT2D eigenvalue weighted by Gasteiger charge is -2.27. The number of nitrogens with one attached hydrogen (secondary N) is 3. The fourth-order valence-corrected chi connectivity index (χ4v) is 5.19. The van der Waals surface area contributed by atoms with Crippen molar-refractivity contribution in [1.29, 1.82) is 0 Å². The molecule has 0 radical (unpaired) electrons. The number of aliphatic hydroxyl groups is 1. The number of carbonyl (C=O) groups is 1. The van der Waals surface area contributed by atoms with Crippen molar-refractivity contribution in [3.63, 3.8) is 0 Å². The summed E-state index contributed by atoms with van der Waals surface area (Å²) in [4.78, 5) is 17.6. The van der Waals surface area contributed by atoms with Crippen LogP contribution < -0.4 is 16.0 Å². The van der Waals surface area contributed by atoms with Gasteiger partial charge >= 0.3 is 0 Å². The van der Waals surface area contributed by atoms with E-state index in [-0.39, 0.29) is 24.5 Å². The van der Waals surface area contributed by atoms with Crippen LogP contribution in [-0.4, -0.2) is 45.8 Å². The summed E-state index contributed by atoms with van der Waals surface area (Å²) < 4.78 is 29.7. The number of anilines is 1. The summed E-state index contributed by atoms with van der Waals surface area (Å²) in [6.07, 6.45) is 7.78. The van der Waals surface area contributed by atoms with Crippen molar-refractivity contribution in [2.45, 2.75) is 71.0 Å². The highest BCUT2D eigenvalue weighted by atomic mass is 19.1. The zero-order valence-electron chi connectivity index (χ0n) is 22.7. The summed E-state index contributed by atoms with van der Waals surface area (Å²) in [5.41, 5.74) is 3.34. The summed E-state index contributed by atoms with van der Waals surface area (Å²) in [5.74, 6) is -0.536. The van der Waals surface area contributed by atoms with Crippen molar-refractivity contribution in [2.75, 3.05) is 18.5 Å². The van der Waals surface area contributed by atoms with Crippen LogP contribution in [0, 0.1) is 17.6 Å². The first-order valence-electron chi connectivity index (χ1n) is 13.9. The average Bonchev–Trinajstić information content (AvgIpc) is 3.40. The monoisotopic (exact) mass is 539 g/mol. The molecule has 3 aromatic rings. The highest BCUT2D eigenvalue weighted by molar-refractivity contribution is 5.94. The SMILES string of the molecule is CCC[C@H](NC[C@H]1CCc2cc(F)cc(F)c2C1)C(=O)Nc1cn(-c2ccccc2CN[C@H](CC)CO)cn1. The number of carbonyl (C=O) groups excluding carboxylic acids is 1. The molecule has 1 amide bonds. The number of halogens is 2. The maximum absolute atomic E-state index is 14.3. The second-order valence-electron chi connectivity index (χ2n) is 10.3. The first-order valence-corrected chi connectivity index (χ1v) is 13.9. The lowest BCUT2D eigenvalue weighted by Crippen LogP contribution is -2.43. The van der Waals surface area contributed by atoms with E-state index in [4.69, 9.17) is 0 Å². The molecular formula is C30H39F2N5O2. The highest BCUT2D eigenvalue weighted by Gasteiger charge is 2.25. The van der Waals surface area contributed by atoms with Gasteiger partial charge in [0.2, 0.25) is 5.91 Å². The van der Waals surface area contributed by atoms with E-state index in [0.29, 0.717) is 43.7 Å². The molecule has 4 rings (SSSR count). The van der Waals surface area contributed by atoms with Crippen molar-refractivity contribution in [2.24, 2.45) is 5.92 Å². The van der Waals surface area contributed by atoms with Gasteiger partial charge < -0.3 is 25.6 Å². The Morgan fingerprint density at radius 1 is 1.21 bits per heavy atom. The van der Waals surface area contributed by atoms with Crippen LogP contribution in [0.5, 0.6) is 0 Å². The van der Waals surface area contributed by atoms with E-state index in [0.717, 1.165) is 42.1 Å². The Balaban J connectivity index is 1.36. The summed E-state index contributed by atoms with van der Waals surface area (Å²) >= 11 is 0. The van der Waals surface area contributed by atoms with Gasteiger partial charge in [-0.1, -0.05) is 38.5 Å². The number of imidazole rings is 1. The van der Waals surface area contributed by atoms with Gasteiger partial charge in [-0.2, -0.15) is 0 Å². The van der Waals surface area contributed by atoms with Gasteiger partial charge in [-0.25, -0.2) is 13.8 Å². The zero-order chi connectivity index (χ0) is 27.8. The number of amides is 1. The van der Waals surface area contributed by atoms with Gasteiger partial charge in [-0.05, 0) is 73.4 Å². The van der Waals surface area contributed by atoms with Gasteiger partial charge in [-0.15, -0.1) is 0 Å². The molecular weight excluding hydrogens is 500 g/mol. The summed E-state index contributed by atoms with van der Waals surface area (Å²) in [6, 6.07) is 9.95. The van der Waals surface area contributed by atoms with Crippen LogP contribution in [-0.2, 0) is 24.2 Å². The fraction of sp³-hybridized carbons (Fsp3) is 0.467. The Hall–Kier alpha value is -3.14. The van der Waals surface area contributed by atoms with Gasteiger partial charge in [0.1, 0.15) is 18.0 Å². The molecule has 0 unspecified atom stereocenters. The minimum atomic E-state index is -0.531. The minimum Gasteiger partial charge on any atom is -0.395 e. The molecule has 0 saturated heterocycles. The number of hydrogen-bond acceptors (Lipinski definition) is 5. The Bertz CT molecular complexity index is 1240. The first-order chi connectivity index (χ1) is 18.9. The molecule has 1 heterocycles. The molecule has 9 heteroatoms. The van der Waals surface area contributed by atoms with E-state index in [9.17, 15) is 18.7 Å². The first kappa shape index (κ1) is 28.9. The van der Waals surface area contributed by atoms with Crippen LogP contribution in [0.2, 0.25) is 0 Å². The topological polar surface area (TPSA) is 91.2 Å². The molecule has 39 heavy (non-hydrogen) atoms. The third-order valence-electron chi connectivity index (χ3n) is 7.51. The van der Waals surface area contributed by atoms with Gasteiger partial charge in [-0.3, -0.25) is 4.79 Å². The number of aryl methyl sites for hydroxylation is 1. The standard InChI is InChI=1S/C30H39F2N5O2/c1-3-7-27(34-15-20-10-11-21-13-23(31)14-26(32)25(21)12-20)30(39)36-29-17-37(19-35-29)28-9-6-5-8-22(28)16-33-24(4-2)18-38/h5-6,8-9,13-14,17,19-20,24,27,33-34,38H,3-4,7,10-12,15-16,18H2,1-2H3,(H,36,39)/t20-,24+,27-/m0/s1. The molecule has 1 aromatic heterocycles. The van der Waals surface area contributed by atoms with E-state index in [1.807, 2.05) is 42.7 Å². The summed E-state index contributed by atoms with van der Waals surface area (Å²) in [7, 11) is 0. The van der Waals surface area contributed by atoms with Gasteiger partial charge in [0, 0.05) is 18.7 Å². The van der Waals surface area contributed by atoms with E-state index >= 15 is 0 Å². The van der Waals surface area contributed by atoms with Crippen LogP contribution >= 0.6 is 0 Å². The number of aromatic nitrogens is 2. The number of fused-ring (bicyclic) bond motifs is 1. The van der Waals surface area contributed by atoms with Crippen LogP contribution in [0.1, 0.15) is 56.2 Å². The third kappa shape index (κ3) is 7.50. The van der Waals surface area contributed by atoms with Crippen molar-refractivity contribution in [3.8, 4) is 5.69 Å². The van der Waals surface area contributed by atoms with Gasteiger partial charge in [0.25, 0.3) is 0 Å². The Morgan fingerprint density at radius 2 is 2.03 bits per heavy atom. The largest absolute Gasteiger partial charge is 0.395 e. The number of hydrogen-bond donors (Lipinski definition) is 4. The normalized spacial score (nSPS) is 16.5. The van der Waals surface area contributed by atoms with Crippen molar-refractivity contribution in [1.82, 2.24) is 20.2 Å². The third-order valence-corrected chi connectivity index (χ3v) is 7.51. The molecule has 0 fully saturated rings. The predicted molar refractivity (Wildman–Crippen MR) is 149 cm³/mol. The van der Waals surface area contributed by atoms with Gasteiger partial charge in [0.15, 0.2) is 5.82 Å². The van der Waals surface area contributed by atoms with E-state index in [1.165, 1.54) is 6.07 Å². The van der Waals surface area contributed by atoms with Crippen molar-refractivity contribution >= 4 is 11.7 Å². The number of para-hydroxylation sites is 1. The molecule has 2 aromatic carbocycles. The molecule has 7 nitrogen and oxygen atoms in total. The van der Waals surface area contributed by atoms with E-state index in [2.05, 4.69) is 20.9 Å². The summed E-state index contributed by atoms with van der Waals surface area (Å²) in [5, 5.41) is 19.2. The lowest BCUT2D eigenvalue weighted by molar-refractivity contribution is -0.118. The Labute approximate surface area is 229 Å².